The molecule has 1 saturated heterocycles. The first-order chi connectivity index (χ1) is 18.0. The molecule has 13 nitrogen and oxygen atoms in total. The second-order valence-corrected chi connectivity index (χ2v) is 8.54. The Labute approximate surface area is 212 Å². The van der Waals surface area contributed by atoms with Crippen LogP contribution in [0.3, 0.4) is 0 Å². The zero-order chi connectivity index (χ0) is 25.8. The van der Waals surface area contributed by atoms with Gasteiger partial charge in [0.25, 0.3) is 5.91 Å². The Bertz CT molecular complexity index is 1300. The first-order valence-electron chi connectivity index (χ1n) is 12.0. The summed E-state index contributed by atoms with van der Waals surface area (Å²) < 4.78 is 22.3. The van der Waals surface area contributed by atoms with Gasteiger partial charge in [0.15, 0.2) is 11.5 Å². The number of methoxy groups -OCH3 is 1. The largest absolute Gasteiger partial charge is 0.485 e. The molecule has 0 atom stereocenters. The molecule has 13 heteroatoms. The molecule has 4 heterocycles. The summed E-state index contributed by atoms with van der Waals surface area (Å²) in [5.41, 5.74) is 7.62. The topological polar surface area (TPSA) is 166 Å². The van der Waals surface area contributed by atoms with Crippen LogP contribution in [-0.4, -0.2) is 91.4 Å². The summed E-state index contributed by atoms with van der Waals surface area (Å²) in [4.78, 5) is 38.8. The highest BCUT2D eigenvalue weighted by molar-refractivity contribution is 5.99. The van der Waals surface area contributed by atoms with Crippen molar-refractivity contribution in [3.05, 3.63) is 29.5 Å². The minimum Gasteiger partial charge on any atom is -0.485 e. The maximum atomic E-state index is 13.2. The lowest BCUT2D eigenvalue weighted by molar-refractivity contribution is -0.117. The number of primary amides is 1. The van der Waals surface area contributed by atoms with Gasteiger partial charge in [-0.15, -0.1) is 0 Å². The van der Waals surface area contributed by atoms with Crippen molar-refractivity contribution in [1.82, 2.24) is 19.9 Å². The monoisotopic (exact) mass is 511 g/mol. The number of anilines is 3. The van der Waals surface area contributed by atoms with Gasteiger partial charge in [0, 0.05) is 32.9 Å². The van der Waals surface area contributed by atoms with E-state index in [2.05, 4.69) is 25.6 Å². The SMILES string of the molecule is COCCNc1nc(Nc2ccc(C(=O)N3CCOCC3)c3c2OCCO3)nc2[nH]cc(CC(N)=O)c12. The van der Waals surface area contributed by atoms with E-state index in [4.69, 9.17) is 24.7 Å². The third-order valence-electron chi connectivity index (χ3n) is 6.04. The number of nitrogens with zero attached hydrogens (tertiary/aromatic N) is 3. The fourth-order valence-corrected chi connectivity index (χ4v) is 4.34. The fourth-order valence-electron chi connectivity index (χ4n) is 4.34. The lowest BCUT2D eigenvalue weighted by Gasteiger charge is -2.29. The zero-order valence-corrected chi connectivity index (χ0v) is 20.5. The van der Waals surface area contributed by atoms with E-state index in [1.807, 2.05) is 0 Å². The van der Waals surface area contributed by atoms with Gasteiger partial charge in [-0.2, -0.15) is 9.97 Å². The van der Waals surface area contributed by atoms with E-state index in [1.165, 1.54) is 0 Å². The summed E-state index contributed by atoms with van der Waals surface area (Å²) in [5, 5.41) is 7.10. The molecule has 2 aliphatic heterocycles. The van der Waals surface area contributed by atoms with Crippen LogP contribution < -0.4 is 25.8 Å². The Morgan fingerprint density at radius 1 is 1.14 bits per heavy atom. The zero-order valence-electron chi connectivity index (χ0n) is 20.5. The Kier molecular flexibility index (Phi) is 7.23. The van der Waals surface area contributed by atoms with Crippen molar-refractivity contribution in [3.8, 4) is 11.5 Å². The van der Waals surface area contributed by atoms with Crippen molar-refractivity contribution < 1.29 is 28.5 Å². The van der Waals surface area contributed by atoms with Crippen molar-refractivity contribution in [2.24, 2.45) is 5.73 Å². The van der Waals surface area contributed by atoms with Crippen LogP contribution in [-0.2, 0) is 20.7 Å². The van der Waals surface area contributed by atoms with E-state index in [9.17, 15) is 9.59 Å². The molecular weight excluding hydrogens is 482 g/mol. The van der Waals surface area contributed by atoms with Gasteiger partial charge in [0.1, 0.15) is 24.7 Å². The Morgan fingerprint density at radius 2 is 1.92 bits per heavy atom. The molecule has 1 aromatic carbocycles. The van der Waals surface area contributed by atoms with Crippen molar-refractivity contribution in [2.45, 2.75) is 6.42 Å². The van der Waals surface area contributed by atoms with Crippen molar-refractivity contribution >= 4 is 40.3 Å². The number of aromatic nitrogens is 3. The molecule has 0 spiro atoms. The van der Waals surface area contributed by atoms with Gasteiger partial charge in [0.05, 0.1) is 42.9 Å². The Balaban J connectivity index is 1.48. The molecule has 0 unspecified atom stereocenters. The van der Waals surface area contributed by atoms with Crippen molar-refractivity contribution in [3.63, 3.8) is 0 Å². The number of nitrogens with two attached hydrogens (primary N) is 1. The van der Waals surface area contributed by atoms with Crippen LogP contribution in [0.5, 0.6) is 11.5 Å². The number of rotatable bonds is 9. The summed E-state index contributed by atoms with van der Waals surface area (Å²) in [6, 6.07) is 3.46. The predicted molar refractivity (Wildman–Crippen MR) is 135 cm³/mol. The lowest BCUT2D eigenvalue weighted by Crippen LogP contribution is -2.41. The molecule has 5 rings (SSSR count). The molecule has 1 fully saturated rings. The van der Waals surface area contributed by atoms with E-state index in [-0.39, 0.29) is 18.3 Å². The molecule has 0 saturated carbocycles. The van der Waals surface area contributed by atoms with Crippen LogP contribution in [0.4, 0.5) is 17.5 Å². The van der Waals surface area contributed by atoms with Crippen LogP contribution in [0.2, 0.25) is 0 Å². The highest BCUT2D eigenvalue weighted by atomic mass is 16.6. The number of benzene rings is 1. The van der Waals surface area contributed by atoms with Gasteiger partial charge < -0.3 is 45.2 Å². The summed E-state index contributed by atoms with van der Waals surface area (Å²) in [7, 11) is 1.61. The number of amides is 2. The van der Waals surface area contributed by atoms with Crippen LogP contribution >= 0.6 is 0 Å². The maximum Gasteiger partial charge on any atom is 0.257 e. The van der Waals surface area contributed by atoms with Gasteiger partial charge in [-0.3, -0.25) is 9.59 Å². The number of morpholine rings is 1. The first-order valence-corrected chi connectivity index (χ1v) is 12.0. The number of H-pyrrole nitrogens is 1. The van der Waals surface area contributed by atoms with Gasteiger partial charge >= 0.3 is 0 Å². The molecule has 196 valence electrons. The van der Waals surface area contributed by atoms with E-state index in [0.717, 1.165) is 0 Å². The number of ether oxygens (including phenoxy) is 4. The molecule has 0 bridgehead atoms. The van der Waals surface area contributed by atoms with E-state index in [1.54, 1.807) is 30.3 Å². The highest BCUT2D eigenvalue weighted by Crippen LogP contribution is 2.42. The number of carbonyl (C=O) groups excluding carboxylic acids is 2. The summed E-state index contributed by atoms with van der Waals surface area (Å²) in [6.07, 6.45) is 1.74. The highest BCUT2D eigenvalue weighted by Gasteiger charge is 2.28. The fraction of sp³-hybridized carbons (Fsp3) is 0.417. The predicted octanol–water partition coefficient (Wildman–Crippen LogP) is 1.03. The number of hydrogen-bond donors (Lipinski definition) is 4. The van der Waals surface area contributed by atoms with Gasteiger partial charge in [-0.1, -0.05) is 0 Å². The number of hydrogen-bond acceptors (Lipinski definition) is 10. The van der Waals surface area contributed by atoms with E-state index >= 15 is 0 Å². The average Bonchev–Trinajstić information content (AvgIpc) is 3.31. The van der Waals surface area contributed by atoms with Gasteiger partial charge in [0.2, 0.25) is 11.9 Å². The minimum atomic E-state index is -0.457. The van der Waals surface area contributed by atoms with E-state index < -0.39 is 5.91 Å². The van der Waals surface area contributed by atoms with Crippen molar-refractivity contribution in [2.75, 3.05) is 70.4 Å². The summed E-state index contributed by atoms with van der Waals surface area (Å²) in [5.74, 6) is 1.02. The number of carbonyl (C=O) groups is 2. The molecule has 2 aromatic heterocycles. The number of aromatic amines is 1. The van der Waals surface area contributed by atoms with Gasteiger partial charge in [-0.05, 0) is 17.7 Å². The van der Waals surface area contributed by atoms with E-state index in [0.29, 0.717) is 97.8 Å². The quantitative estimate of drug-likeness (QED) is 0.305. The average molecular weight is 512 g/mol. The number of fused-ring (bicyclic) bond motifs is 2. The standard InChI is InChI=1S/C24H29N7O6/c1-34-7-4-26-21-18-14(12-17(25)32)13-27-22(18)30-24(29-21)28-16-3-2-15(19-20(16)37-11-10-36-19)23(33)31-5-8-35-9-6-31/h2-3,13H,4-12H2,1H3,(H2,25,32)(H3,26,27,28,29,30). The van der Waals surface area contributed by atoms with Crippen molar-refractivity contribution in [1.29, 1.82) is 0 Å². The minimum absolute atomic E-state index is 0.0480. The summed E-state index contributed by atoms with van der Waals surface area (Å²) >= 11 is 0. The van der Waals surface area contributed by atoms with Gasteiger partial charge in [-0.25, -0.2) is 0 Å². The molecule has 0 radical (unpaired) electrons. The van der Waals surface area contributed by atoms with Crippen LogP contribution in [0.25, 0.3) is 11.0 Å². The van der Waals surface area contributed by atoms with Crippen LogP contribution in [0, 0.1) is 0 Å². The smallest absolute Gasteiger partial charge is 0.257 e. The summed E-state index contributed by atoms with van der Waals surface area (Å²) in [6.45, 7) is 3.69. The molecule has 37 heavy (non-hydrogen) atoms. The molecule has 5 N–H and O–H groups in total. The second-order valence-electron chi connectivity index (χ2n) is 8.54. The van der Waals surface area contributed by atoms with Crippen LogP contribution in [0.15, 0.2) is 18.3 Å². The number of nitrogens with one attached hydrogen (secondary N) is 3. The van der Waals surface area contributed by atoms with Crippen LogP contribution in [0.1, 0.15) is 15.9 Å². The molecule has 2 amide bonds. The molecule has 3 aromatic rings. The lowest BCUT2D eigenvalue weighted by atomic mass is 10.1. The third-order valence-corrected chi connectivity index (χ3v) is 6.04. The Hall–Kier alpha value is -4.10. The molecule has 0 aliphatic carbocycles. The first kappa shape index (κ1) is 24.6. The second kappa shape index (κ2) is 10.9. The normalized spacial score (nSPS) is 15.0. The third kappa shape index (κ3) is 5.22. The maximum absolute atomic E-state index is 13.2. The Morgan fingerprint density at radius 3 is 2.68 bits per heavy atom. The molecule has 2 aliphatic rings. The molecular formula is C24H29N7O6.